The van der Waals surface area contributed by atoms with E-state index in [1.165, 1.54) is 38.2 Å². The smallest absolute Gasteiger partial charge is 0.164 e. The second kappa shape index (κ2) is 8.33. The van der Waals surface area contributed by atoms with Crippen molar-refractivity contribution in [2.75, 3.05) is 27.0 Å². The highest BCUT2D eigenvalue weighted by Gasteiger charge is 2.37. The Labute approximate surface area is 187 Å². The maximum atomic E-state index is 5.81. The van der Waals surface area contributed by atoms with E-state index in [0.29, 0.717) is 0 Å². The van der Waals surface area contributed by atoms with Crippen LogP contribution in [0.1, 0.15) is 34.3 Å². The Hall–Kier alpha value is -2.89. The van der Waals surface area contributed by atoms with Crippen LogP contribution in [-0.2, 0) is 0 Å². The molecular weight excluding hydrogens is 404 g/mol. The molecule has 1 aromatic heterocycles. The van der Waals surface area contributed by atoms with Crippen molar-refractivity contribution in [2.24, 2.45) is 0 Å². The zero-order valence-electron chi connectivity index (χ0n) is 18.0. The average molecular weight is 432 g/mol. The summed E-state index contributed by atoms with van der Waals surface area (Å²) in [4.78, 5) is 5.04. The Kier molecular flexibility index (Phi) is 5.38. The average Bonchev–Trinajstić information content (AvgIpc) is 3.23. The number of hydrogen-bond acceptors (Lipinski definition) is 3. The predicted molar refractivity (Wildman–Crippen MR) is 127 cm³/mol. The Morgan fingerprint density at radius 2 is 1.74 bits per heavy atom. The molecular formula is C26H27N2O2S+. The molecule has 0 saturated heterocycles. The highest BCUT2D eigenvalue weighted by molar-refractivity contribution is 7.98. The van der Waals surface area contributed by atoms with Gasteiger partial charge in [0.2, 0.25) is 0 Å². The molecule has 4 nitrogen and oxygen atoms in total. The molecule has 0 bridgehead atoms. The van der Waals surface area contributed by atoms with E-state index in [1.807, 2.05) is 6.07 Å². The molecule has 5 heteroatoms. The van der Waals surface area contributed by atoms with Crippen molar-refractivity contribution >= 4 is 22.7 Å². The third-order valence-corrected chi connectivity index (χ3v) is 7.07. The number of fused-ring (bicyclic) bond motifs is 3. The summed E-state index contributed by atoms with van der Waals surface area (Å²) in [5, 5.41) is 3.72. The SMILES string of the molecule is COc1cccc([C@@H]2C[NH2+][C@@H](c3ccc(SC)cc3)c3[nH]c4ccccc4c32)c1OC. The van der Waals surface area contributed by atoms with E-state index in [1.54, 1.807) is 26.0 Å². The standard InChI is InChI=1S/C26H26N2O2S/c1-29-22-10-6-8-18(26(22)30-2)20-15-27-24(16-11-13-17(31-3)14-12-16)25-23(20)19-7-4-5-9-21(19)28-25/h4-14,20,24,27-28H,15H2,1-3H3/p+1/t20-,24-/m0/s1. The molecule has 0 amide bonds. The van der Waals surface area contributed by atoms with Gasteiger partial charge in [0, 0.05) is 32.5 Å². The van der Waals surface area contributed by atoms with Gasteiger partial charge in [-0.05, 0) is 30.5 Å². The first-order valence-corrected chi connectivity index (χ1v) is 11.8. The first kappa shape index (κ1) is 20.0. The van der Waals surface area contributed by atoms with Crippen molar-refractivity contribution < 1.29 is 14.8 Å². The van der Waals surface area contributed by atoms with Crippen LogP contribution in [0, 0.1) is 0 Å². The number of aromatic nitrogens is 1. The van der Waals surface area contributed by atoms with Gasteiger partial charge in [-0.15, -0.1) is 11.8 Å². The van der Waals surface area contributed by atoms with Gasteiger partial charge in [-0.2, -0.15) is 0 Å². The van der Waals surface area contributed by atoms with Crippen molar-refractivity contribution in [3.63, 3.8) is 0 Å². The van der Waals surface area contributed by atoms with Gasteiger partial charge in [-0.3, -0.25) is 0 Å². The molecule has 0 unspecified atom stereocenters. The molecule has 2 atom stereocenters. The summed E-state index contributed by atoms with van der Waals surface area (Å²) in [5.41, 5.74) is 6.31. The van der Waals surface area contributed by atoms with Crippen LogP contribution in [0.4, 0.5) is 0 Å². The molecule has 0 spiro atoms. The second-order valence-corrected chi connectivity index (χ2v) is 8.74. The summed E-state index contributed by atoms with van der Waals surface area (Å²) in [5.74, 6) is 1.80. The molecule has 3 N–H and O–H groups in total. The lowest BCUT2D eigenvalue weighted by Crippen LogP contribution is -2.88. The molecule has 31 heavy (non-hydrogen) atoms. The fraction of sp³-hybridized carbons (Fsp3) is 0.231. The summed E-state index contributed by atoms with van der Waals surface area (Å²) in [6.07, 6.45) is 2.11. The number of quaternary nitrogens is 1. The fourth-order valence-electron chi connectivity index (χ4n) is 4.90. The Bertz CT molecular complexity index is 1220. The van der Waals surface area contributed by atoms with Crippen molar-refractivity contribution in [3.8, 4) is 11.5 Å². The fourth-order valence-corrected chi connectivity index (χ4v) is 5.30. The number of benzene rings is 3. The number of H-pyrrole nitrogens is 1. The van der Waals surface area contributed by atoms with Crippen LogP contribution in [0.3, 0.4) is 0 Å². The molecule has 3 aromatic carbocycles. The van der Waals surface area contributed by atoms with Crippen molar-refractivity contribution in [1.29, 1.82) is 0 Å². The lowest BCUT2D eigenvalue weighted by atomic mass is 9.82. The molecule has 158 valence electrons. The third kappa shape index (κ3) is 3.38. The molecule has 0 saturated carbocycles. The monoisotopic (exact) mass is 431 g/mol. The van der Waals surface area contributed by atoms with E-state index < -0.39 is 0 Å². The summed E-state index contributed by atoms with van der Waals surface area (Å²) in [6, 6.07) is 24.0. The van der Waals surface area contributed by atoms with Crippen molar-refractivity contribution in [1.82, 2.24) is 4.98 Å². The predicted octanol–water partition coefficient (Wildman–Crippen LogP) is 4.71. The Morgan fingerprint density at radius 3 is 2.48 bits per heavy atom. The molecule has 1 aliphatic rings. The van der Waals surface area contributed by atoms with Gasteiger partial charge in [0.25, 0.3) is 0 Å². The third-order valence-electron chi connectivity index (χ3n) is 6.33. The highest BCUT2D eigenvalue weighted by atomic mass is 32.2. The van der Waals surface area contributed by atoms with Crippen LogP contribution in [0.25, 0.3) is 10.9 Å². The number of nitrogens with two attached hydrogens (primary N) is 1. The lowest BCUT2D eigenvalue weighted by molar-refractivity contribution is -0.692. The number of methoxy groups -OCH3 is 2. The number of nitrogens with one attached hydrogen (secondary N) is 1. The van der Waals surface area contributed by atoms with Gasteiger partial charge >= 0.3 is 0 Å². The molecule has 2 heterocycles. The topological polar surface area (TPSA) is 50.9 Å². The summed E-state index contributed by atoms with van der Waals surface area (Å²) < 4.78 is 11.4. The van der Waals surface area contributed by atoms with Gasteiger partial charge in [-0.25, -0.2) is 0 Å². The highest BCUT2D eigenvalue weighted by Crippen LogP contribution is 2.44. The first-order chi connectivity index (χ1) is 15.2. The van der Waals surface area contributed by atoms with Gasteiger partial charge in [0.1, 0.15) is 0 Å². The molecule has 0 radical (unpaired) electrons. The van der Waals surface area contributed by atoms with Crippen molar-refractivity contribution in [2.45, 2.75) is 16.9 Å². The van der Waals surface area contributed by atoms with Crippen molar-refractivity contribution in [3.05, 3.63) is 89.1 Å². The molecule has 5 rings (SSSR count). The van der Waals surface area contributed by atoms with Gasteiger partial charge in [0.15, 0.2) is 17.5 Å². The number of ether oxygens (including phenoxy) is 2. The van der Waals surface area contributed by atoms with Gasteiger partial charge in [-0.1, -0.05) is 42.5 Å². The molecule has 0 aliphatic carbocycles. The normalized spacial score (nSPS) is 18.0. The van der Waals surface area contributed by atoms with E-state index in [0.717, 1.165) is 18.0 Å². The number of para-hydroxylation sites is 2. The minimum absolute atomic E-state index is 0.206. The minimum atomic E-state index is 0.206. The largest absolute Gasteiger partial charge is 0.493 e. The first-order valence-electron chi connectivity index (χ1n) is 10.5. The molecule has 4 aromatic rings. The summed E-state index contributed by atoms with van der Waals surface area (Å²) in [6.45, 7) is 0.938. The van der Waals surface area contributed by atoms with Crippen LogP contribution in [-0.4, -0.2) is 32.0 Å². The van der Waals surface area contributed by atoms with E-state index in [9.17, 15) is 0 Å². The van der Waals surface area contributed by atoms with E-state index in [4.69, 9.17) is 9.47 Å². The number of thioether (sulfide) groups is 1. The van der Waals surface area contributed by atoms with Crippen LogP contribution >= 0.6 is 11.8 Å². The van der Waals surface area contributed by atoms with Gasteiger partial charge in [0.05, 0.1) is 32.4 Å². The molecule has 1 aliphatic heterocycles. The zero-order chi connectivity index (χ0) is 21.4. The van der Waals surface area contributed by atoms with Crippen LogP contribution in [0.2, 0.25) is 0 Å². The Morgan fingerprint density at radius 1 is 0.935 bits per heavy atom. The van der Waals surface area contributed by atoms with E-state index >= 15 is 0 Å². The number of aromatic amines is 1. The maximum absolute atomic E-state index is 5.81. The van der Waals surface area contributed by atoms with E-state index in [2.05, 4.69) is 77.2 Å². The Balaban J connectivity index is 1.68. The number of hydrogen-bond donors (Lipinski definition) is 2. The quantitative estimate of drug-likeness (QED) is 0.450. The second-order valence-electron chi connectivity index (χ2n) is 7.86. The van der Waals surface area contributed by atoms with Crippen LogP contribution in [0.15, 0.2) is 71.6 Å². The summed E-state index contributed by atoms with van der Waals surface area (Å²) in [7, 11) is 3.42. The summed E-state index contributed by atoms with van der Waals surface area (Å²) >= 11 is 1.78. The van der Waals surface area contributed by atoms with Crippen LogP contribution in [0.5, 0.6) is 11.5 Å². The van der Waals surface area contributed by atoms with Crippen LogP contribution < -0.4 is 14.8 Å². The van der Waals surface area contributed by atoms with Gasteiger partial charge < -0.3 is 19.8 Å². The zero-order valence-corrected chi connectivity index (χ0v) is 18.8. The minimum Gasteiger partial charge on any atom is -0.493 e. The lowest BCUT2D eigenvalue weighted by Gasteiger charge is -2.29. The van der Waals surface area contributed by atoms with E-state index in [-0.39, 0.29) is 12.0 Å². The maximum Gasteiger partial charge on any atom is 0.164 e. The number of rotatable bonds is 5. The molecule has 0 fully saturated rings.